The highest BCUT2D eigenvalue weighted by Gasteiger charge is 2.09. The first-order valence-corrected chi connectivity index (χ1v) is 6.73. The van der Waals surface area contributed by atoms with Gasteiger partial charge >= 0.3 is 0 Å². The van der Waals surface area contributed by atoms with Gasteiger partial charge in [-0.25, -0.2) is 4.98 Å². The normalized spacial score (nSPS) is 9.50. The summed E-state index contributed by atoms with van der Waals surface area (Å²) in [5, 5.41) is 8.10. The zero-order valence-electron chi connectivity index (χ0n) is 11.7. The van der Waals surface area contributed by atoms with Gasteiger partial charge < -0.3 is 0 Å². The number of rotatable bonds is 2. The van der Waals surface area contributed by atoms with Crippen molar-refractivity contribution < 1.29 is 0 Å². The standard InChI is InChI=1S/C15H11N3.C2H6/c1-3-7-12(8-4-1)14-15(18-17-11-16-14)13-9-5-2-6-10-13;1-2/h1-11H;1-2H3. The van der Waals surface area contributed by atoms with Crippen LogP contribution in [0, 0.1) is 0 Å². The SMILES string of the molecule is CC.c1ccc(-c2ncnnc2-c2ccccc2)cc1. The molecule has 0 saturated carbocycles. The Hall–Kier alpha value is -2.55. The second kappa shape index (κ2) is 7.14. The smallest absolute Gasteiger partial charge is 0.138 e. The first-order chi connectivity index (χ1) is 9.95. The van der Waals surface area contributed by atoms with Gasteiger partial charge in [-0.3, -0.25) is 0 Å². The van der Waals surface area contributed by atoms with Crippen molar-refractivity contribution in [2.24, 2.45) is 0 Å². The van der Waals surface area contributed by atoms with E-state index in [-0.39, 0.29) is 0 Å². The molecule has 0 bridgehead atoms. The van der Waals surface area contributed by atoms with Crippen molar-refractivity contribution in [3.63, 3.8) is 0 Å². The van der Waals surface area contributed by atoms with Gasteiger partial charge in [0, 0.05) is 11.1 Å². The molecule has 0 spiro atoms. The van der Waals surface area contributed by atoms with Crippen LogP contribution in [0.3, 0.4) is 0 Å². The van der Waals surface area contributed by atoms with Crippen LogP contribution in [0.25, 0.3) is 22.5 Å². The van der Waals surface area contributed by atoms with Gasteiger partial charge in [-0.1, -0.05) is 74.5 Å². The van der Waals surface area contributed by atoms with Crippen LogP contribution < -0.4 is 0 Å². The maximum absolute atomic E-state index is 4.35. The monoisotopic (exact) mass is 263 g/mol. The molecular weight excluding hydrogens is 246 g/mol. The molecule has 0 atom stereocenters. The van der Waals surface area contributed by atoms with Crippen LogP contribution in [0.2, 0.25) is 0 Å². The van der Waals surface area contributed by atoms with Gasteiger partial charge in [-0.05, 0) is 0 Å². The number of nitrogens with zero attached hydrogens (tertiary/aromatic N) is 3. The van der Waals surface area contributed by atoms with Gasteiger partial charge in [0.2, 0.25) is 0 Å². The van der Waals surface area contributed by atoms with Crippen molar-refractivity contribution >= 4 is 0 Å². The fourth-order valence-corrected chi connectivity index (χ4v) is 1.87. The lowest BCUT2D eigenvalue weighted by Gasteiger charge is -2.06. The molecule has 3 rings (SSSR count). The summed E-state index contributed by atoms with van der Waals surface area (Å²) in [5.74, 6) is 0. The van der Waals surface area contributed by atoms with Gasteiger partial charge in [-0.2, -0.15) is 0 Å². The minimum absolute atomic E-state index is 0.810. The Bertz CT molecular complexity index is 578. The van der Waals surface area contributed by atoms with E-state index in [4.69, 9.17) is 0 Å². The highest BCUT2D eigenvalue weighted by atomic mass is 15.1. The fraction of sp³-hybridized carbons (Fsp3) is 0.118. The van der Waals surface area contributed by atoms with E-state index in [0.29, 0.717) is 0 Å². The summed E-state index contributed by atoms with van der Waals surface area (Å²) in [6.07, 6.45) is 1.48. The molecule has 1 aromatic heterocycles. The molecule has 0 aliphatic heterocycles. The van der Waals surface area contributed by atoms with E-state index in [1.165, 1.54) is 6.33 Å². The van der Waals surface area contributed by atoms with Crippen LogP contribution in [-0.2, 0) is 0 Å². The van der Waals surface area contributed by atoms with Gasteiger partial charge in [0.1, 0.15) is 17.7 Å². The maximum Gasteiger partial charge on any atom is 0.138 e. The predicted molar refractivity (Wildman–Crippen MR) is 82.0 cm³/mol. The molecule has 0 saturated heterocycles. The van der Waals surface area contributed by atoms with Crippen LogP contribution in [0.15, 0.2) is 67.0 Å². The van der Waals surface area contributed by atoms with E-state index in [2.05, 4.69) is 15.2 Å². The highest BCUT2D eigenvalue weighted by Crippen LogP contribution is 2.26. The summed E-state index contributed by atoms with van der Waals surface area (Å²) < 4.78 is 0. The van der Waals surface area contributed by atoms with Gasteiger partial charge in [-0.15, -0.1) is 10.2 Å². The number of benzene rings is 2. The maximum atomic E-state index is 4.35. The van der Waals surface area contributed by atoms with Crippen LogP contribution in [-0.4, -0.2) is 15.2 Å². The molecule has 3 nitrogen and oxygen atoms in total. The van der Waals surface area contributed by atoms with Crippen LogP contribution in [0.5, 0.6) is 0 Å². The third kappa shape index (κ3) is 3.06. The topological polar surface area (TPSA) is 38.7 Å². The van der Waals surface area contributed by atoms with Crippen molar-refractivity contribution in [3.8, 4) is 22.5 Å². The molecule has 20 heavy (non-hydrogen) atoms. The van der Waals surface area contributed by atoms with Crippen LogP contribution >= 0.6 is 0 Å². The second-order valence-electron chi connectivity index (χ2n) is 3.89. The van der Waals surface area contributed by atoms with Crippen molar-refractivity contribution in [3.05, 3.63) is 67.0 Å². The van der Waals surface area contributed by atoms with E-state index in [0.717, 1.165) is 22.5 Å². The fourth-order valence-electron chi connectivity index (χ4n) is 1.87. The molecule has 0 aliphatic rings. The van der Waals surface area contributed by atoms with E-state index in [9.17, 15) is 0 Å². The Balaban J connectivity index is 0.000000704. The zero-order valence-corrected chi connectivity index (χ0v) is 11.7. The van der Waals surface area contributed by atoms with E-state index in [1.54, 1.807) is 0 Å². The summed E-state index contributed by atoms with van der Waals surface area (Å²) in [6, 6.07) is 20.0. The number of hydrogen-bond acceptors (Lipinski definition) is 3. The Kier molecular flexibility index (Phi) is 4.95. The molecule has 0 N–H and O–H groups in total. The molecule has 0 unspecified atom stereocenters. The molecule has 0 radical (unpaired) electrons. The minimum Gasteiger partial charge on any atom is -0.232 e. The quantitative estimate of drug-likeness (QED) is 0.694. The van der Waals surface area contributed by atoms with Gasteiger partial charge in [0.25, 0.3) is 0 Å². The second-order valence-corrected chi connectivity index (χ2v) is 3.89. The molecule has 3 aromatic rings. The Morgan fingerprint density at radius 3 is 1.70 bits per heavy atom. The number of hydrogen-bond donors (Lipinski definition) is 0. The summed E-state index contributed by atoms with van der Waals surface area (Å²) >= 11 is 0. The molecule has 100 valence electrons. The largest absolute Gasteiger partial charge is 0.232 e. The van der Waals surface area contributed by atoms with Crippen molar-refractivity contribution in [1.29, 1.82) is 0 Å². The lowest BCUT2D eigenvalue weighted by molar-refractivity contribution is 0.981. The molecule has 0 aliphatic carbocycles. The van der Waals surface area contributed by atoms with Crippen LogP contribution in [0.4, 0.5) is 0 Å². The molecule has 1 heterocycles. The van der Waals surface area contributed by atoms with Crippen molar-refractivity contribution in [1.82, 2.24) is 15.2 Å². The predicted octanol–water partition coefficient (Wildman–Crippen LogP) is 4.23. The van der Waals surface area contributed by atoms with E-state index < -0.39 is 0 Å². The van der Waals surface area contributed by atoms with Gasteiger partial charge in [0.05, 0.1) is 0 Å². The average Bonchev–Trinajstić information content (AvgIpc) is 2.58. The van der Waals surface area contributed by atoms with E-state index in [1.807, 2.05) is 74.5 Å². The molecule has 2 aromatic carbocycles. The molecule has 0 amide bonds. The Labute approximate surface area is 119 Å². The third-order valence-electron chi connectivity index (χ3n) is 2.71. The van der Waals surface area contributed by atoms with Crippen molar-refractivity contribution in [2.45, 2.75) is 13.8 Å². The average molecular weight is 263 g/mol. The number of aromatic nitrogens is 3. The van der Waals surface area contributed by atoms with Crippen molar-refractivity contribution in [2.75, 3.05) is 0 Å². The van der Waals surface area contributed by atoms with E-state index >= 15 is 0 Å². The minimum atomic E-state index is 0.810. The Morgan fingerprint density at radius 2 is 1.15 bits per heavy atom. The molecule has 0 fully saturated rings. The zero-order chi connectivity index (χ0) is 14.2. The first-order valence-electron chi connectivity index (χ1n) is 6.73. The lowest BCUT2D eigenvalue weighted by Crippen LogP contribution is -1.94. The first kappa shape index (κ1) is 13.9. The summed E-state index contributed by atoms with van der Waals surface area (Å²) in [7, 11) is 0. The Morgan fingerprint density at radius 1 is 0.650 bits per heavy atom. The third-order valence-corrected chi connectivity index (χ3v) is 2.71. The summed E-state index contributed by atoms with van der Waals surface area (Å²) in [6.45, 7) is 4.00. The summed E-state index contributed by atoms with van der Waals surface area (Å²) in [4.78, 5) is 4.35. The highest BCUT2D eigenvalue weighted by molar-refractivity contribution is 5.77. The van der Waals surface area contributed by atoms with Gasteiger partial charge in [0.15, 0.2) is 0 Å². The van der Waals surface area contributed by atoms with Crippen LogP contribution in [0.1, 0.15) is 13.8 Å². The lowest BCUT2D eigenvalue weighted by atomic mass is 10.0. The molecule has 3 heteroatoms. The summed E-state index contributed by atoms with van der Waals surface area (Å²) in [5.41, 5.74) is 3.74. The molecular formula is C17H17N3.